The highest BCUT2D eigenvalue weighted by molar-refractivity contribution is 7.47. The van der Waals surface area contributed by atoms with Crippen LogP contribution in [0, 0.1) is 0 Å². The number of allylic oxidation sites excluding steroid dienone is 14. The highest BCUT2D eigenvalue weighted by atomic mass is 31.2. The fourth-order valence-electron chi connectivity index (χ4n) is 4.19. The van der Waals surface area contributed by atoms with Gasteiger partial charge in [-0.05, 0) is 51.4 Å². The van der Waals surface area contributed by atoms with Crippen molar-refractivity contribution in [3.63, 3.8) is 0 Å². The summed E-state index contributed by atoms with van der Waals surface area (Å²) in [6, 6.07) is -1.54. The molecule has 0 aliphatic heterocycles. The van der Waals surface area contributed by atoms with E-state index in [1.54, 1.807) is 0 Å². The van der Waals surface area contributed by atoms with Crippen LogP contribution in [-0.4, -0.2) is 59.9 Å². The average molecular weight is 736 g/mol. The summed E-state index contributed by atoms with van der Waals surface area (Å²) < 4.78 is 32.4. The van der Waals surface area contributed by atoms with Crippen LogP contribution in [0.5, 0.6) is 0 Å². The molecule has 0 fully saturated rings. The Hall–Kier alpha value is -3.34. The topological polar surface area (TPSA) is 172 Å². The molecule has 0 spiro atoms. The van der Waals surface area contributed by atoms with Gasteiger partial charge in [0.25, 0.3) is 0 Å². The van der Waals surface area contributed by atoms with Gasteiger partial charge in [-0.25, -0.2) is 4.57 Å². The molecule has 0 aromatic heterocycles. The van der Waals surface area contributed by atoms with Gasteiger partial charge < -0.3 is 25.2 Å². The van der Waals surface area contributed by atoms with Crippen molar-refractivity contribution in [1.29, 1.82) is 0 Å². The molecule has 3 atom stereocenters. The summed E-state index contributed by atoms with van der Waals surface area (Å²) in [7, 11) is -4.73. The second-order valence-corrected chi connectivity index (χ2v) is 13.2. The predicted molar refractivity (Wildman–Crippen MR) is 203 cm³/mol. The molecule has 0 heterocycles. The number of phosphoric acid groups is 1. The lowest BCUT2D eigenvalue weighted by atomic mass is 10.1. The fourth-order valence-corrected chi connectivity index (χ4v) is 4.97. The number of carboxylic acids is 1. The lowest BCUT2D eigenvalue weighted by Crippen LogP contribution is -2.34. The molecule has 0 bridgehead atoms. The van der Waals surface area contributed by atoms with Crippen molar-refractivity contribution in [2.24, 2.45) is 5.73 Å². The highest BCUT2D eigenvalue weighted by Crippen LogP contribution is 2.43. The molecule has 0 amide bonds. The SMILES string of the molecule is CC/C=C/C=C/C=C/C=C/C=C/CCCC(=O)OC(COC(=O)CCCCCCCCC/C=C/C/C=C/CC)COP(=O)(O)OC[C@H](N)C(=O)O. The minimum Gasteiger partial charge on any atom is -0.480 e. The second-order valence-electron chi connectivity index (χ2n) is 11.7. The van der Waals surface area contributed by atoms with E-state index in [-0.39, 0.29) is 19.4 Å². The molecule has 0 rings (SSSR count). The van der Waals surface area contributed by atoms with Crippen LogP contribution in [-0.2, 0) is 37.5 Å². The molecule has 0 aromatic rings. The number of hydrogen-bond acceptors (Lipinski definition) is 9. The van der Waals surface area contributed by atoms with Gasteiger partial charge in [-0.1, -0.05) is 131 Å². The maximum Gasteiger partial charge on any atom is 0.472 e. The van der Waals surface area contributed by atoms with Crippen LogP contribution >= 0.6 is 7.82 Å². The van der Waals surface area contributed by atoms with Gasteiger partial charge in [0.15, 0.2) is 6.10 Å². The third-order valence-electron chi connectivity index (χ3n) is 7.02. The smallest absolute Gasteiger partial charge is 0.472 e. The first-order chi connectivity index (χ1) is 24.6. The third-order valence-corrected chi connectivity index (χ3v) is 7.97. The predicted octanol–water partition coefficient (Wildman–Crippen LogP) is 8.77. The van der Waals surface area contributed by atoms with E-state index in [2.05, 4.69) is 48.8 Å². The maximum atomic E-state index is 12.5. The van der Waals surface area contributed by atoms with Crippen molar-refractivity contribution in [3.05, 3.63) is 85.1 Å². The van der Waals surface area contributed by atoms with Crippen LogP contribution in [0.15, 0.2) is 85.1 Å². The number of rotatable bonds is 32. The number of unbranched alkanes of at least 4 members (excludes halogenated alkanes) is 8. The molecule has 12 heteroatoms. The van der Waals surface area contributed by atoms with Crippen molar-refractivity contribution < 1.29 is 47.5 Å². The van der Waals surface area contributed by atoms with E-state index >= 15 is 0 Å². The van der Waals surface area contributed by atoms with E-state index < -0.39 is 51.1 Å². The van der Waals surface area contributed by atoms with Crippen LogP contribution < -0.4 is 5.73 Å². The van der Waals surface area contributed by atoms with E-state index in [9.17, 15) is 23.8 Å². The number of esters is 2. The van der Waals surface area contributed by atoms with Gasteiger partial charge in [-0.2, -0.15) is 0 Å². The Bertz CT molecular complexity index is 1190. The molecule has 0 radical (unpaired) electrons. The van der Waals surface area contributed by atoms with Crippen molar-refractivity contribution in [2.75, 3.05) is 19.8 Å². The van der Waals surface area contributed by atoms with E-state index in [0.29, 0.717) is 19.3 Å². The molecular weight excluding hydrogens is 673 g/mol. The summed E-state index contributed by atoms with van der Waals surface area (Å²) >= 11 is 0. The minimum absolute atomic E-state index is 0.0581. The Morgan fingerprint density at radius 3 is 1.80 bits per heavy atom. The normalized spacial score (nSPS) is 14.9. The monoisotopic (exact) mass is 735 g/mol. The van der Waals surface area contributed by atoms with Crippen LogP contribution in [0.1, 0.15) is 110 Å². The second kappa shape index (κ2) is 33.8. The van der Waals surface area contributed by atoms with E-state index in [0.717, 1.165) is 51.4 Å². The number of nitrogens with two attached hydrogens (primary N) is 1. The van der Waals surface area contributed by atoms with Crippen LogP contribution in [0.25, 0.3) is 0 Å². The van der Waals surface area contributed by atoms with Gasteiger partial charge in [0, 0.05) is 12.8 Å². The molecule has 4 N–H and O–H groups in total. The van der Waals surface area contributed by atoms with Gasteiger partial charge in [0.2, 0.25) is 0 Å². The lowest BCUT2D eigenvalue weighted by molar-refractivity contribution is -0.161. The average Bonchev–Trinajstić information content (AvgIpc) is 3.10. The molecule has 0 saturated carbocycles. The van der Waals surface area contributed by atoms with Gasteiger partial charge >= 0.3 is 25.7 Å². The van der Waals surface area contributed by atoms with Gasteiger partial charge in [0.1, 0.15) is 12.6 Å². The molecule has 51 heavy (non-hydrogen) atoms. The lowest BCUT2D eigenvalue weighted by Gasteiger charge is -2.20. The van der Waals surface area contributed by atoms with Crippen molar-refractivity contribution >= 4 is 25.7 Å². The van der Waals surface area contributed by atoms with Gasteiger partial charge in [-0.3, -0.25) is 23.4 Å². The number of carbonyl (C=O) groups is 3. The summed E-state index contributed by atoms with van der Waals surface area (Å²) in [6.45, 7) is 2.42. The number of hydrogen-bond donors (Lipinski definition) is 3. The molecule has 0 aliphatic rings. The highest BCUT2D eigenvalue weighted by Gasteiger charge is 2.28. The molecule has 0 saturated heterocycles. The van der Waals surface area contributed by atoms with Crippen LogP contribution in [0.4, 0.5) is 0 Å². The van der Waals surface area contributed by atoms with Gasteiger partial charge in [-0.15, -0.1) is 0 Å². The first kappa shape index (κ1) is 47.7. The number of aliphatic carboxylic acids is 1. The number of carbonyl (C=O) groups excluding carboxylic acids is 2. The Morgan fingerprint density at radius 2 is 1.16 bits per heavy atom. The number of carboxylic acid groups (broad SMARTS) is 1. The maximum absolute atomic E-state index is 12.5. The first-order valence-corrected chi connectivity index (χ1v) is 19.7. The van der Waals surface area contributed by atoms with Gasteiger partial charge in [0.05, 0.1) is 13.2 Å². The van der Waals surface area contributed by atoms with Crippen molar-refractivity contribution in [1.82, 2.24) is 0 Å². The standard InChI is InChI=1S/C39H62NO10P/c1-3-5-7-9-11-13-15-17-19-20-22-24-26-28-30-37(41)47-32-35(33-48-51(45,46)49-34-36(40)39(43)44)50-38(42)31-29-27-25-23-21-18-16-14-12-10-8-6-4-2/h5-8,10-14,16,18,21,23,25,35-36H,3-4,9,15,17,19-20,22,24,26-34,40H2,1-2H3,(H,43,44)(H,45,46)/b7-5+,8-6+,12-10+,13-11+,16-14+,21-18+,25-23+/t35?,36-/m0/s1. The summed E-state index contributed by atoms with van der Waals surface area (Å²) in [6.07, 6.45) is 39.6. The van der Waals surface area contributed by atoms with Crippen LogP contribution in [0.3, 0.4) is 0 Å². The molecule has 0 aliphatic carbocycles. The summed E-state index contributed by atoms with van der Waals surface area (Å²) in [5.41, 5.74) is 5.30. The van der Waals surface area contributed by atoms with E-state index in [1.165, 1.54) is 12.8 Å². The third kappa shape index (κ3) is 33.6. The van der Waals surface area contributed by atoms with Crippen molar-refractivity contribution in [2.45, 2.75) is 122 Å². The summed E-state index contributed by atoms with van der Waals surface area (Å²) in [4.78, 5) is 45.7. The quantitative estimate of drug-likeness (QED) is 0.0198. The zero-order valence-corrected chi connectivity index (χ0v) is 31.5. The zero-order chi connectivity index (χ0) is 37.8. The Labute approximate surface area is 305 Å². The largest absolute Gasteiger partial charge is 0.480 e. The summed E-state index contributed by atoms with van der Waals surface area (Å²) in [5, 5.41) is 8.85. The molecule has 288 valence electrons. The number of phosphoric ester groups is 1. The van der Waals surface area contributed by atoms with Crippen molar-refractivity contribution in [3.8, 4) is 0 Å². The molecule has 0 aromatic carbocycles. The zero-order valence-electron chi connectivity index (χ0n) is 30.7. The number of ether oxygens (including phenoxy) is 2. The fraction of sp³-hybridized carbons (Fsp3) is 0.564. The Morgan fingerprint density at radius 1 is 0.627 bits per heavy atom. The minimum atomic E-state index is -4.73. The Kier molecular flexibility index (Phi) is 31.6. The van der Waals surface area contributed by atoms with Crippen LogP contribution in [0.2, 0.25) is 0 Å². The first-order valence-electron chi connectivity index (χ1n) is 18.2. The Balaban J connectivity index is 4.61. The van der Waals surface area contributed by atoms with E-state index in [1.807, 2.05) is 54.7 Å². The summed E-state index contributed by atoms with van der Waals surface area (Å²) in [5.74, 6) is -2.50. The molecule has 2 unspecified atom stereocenters. The van der Waals surface area contributed by atoms with E-state index in [4.69, 9.17) is 24.8 Å². The molecule has 11 nitrogen and oxygen atoms in total. The molecular formula is C39H62NO10P.